The molecular weight excluding hydrogens is 382 g/mol. The summed E-state index contributed by atoms with van der Waals surface area (Å²) >= 11 is 1.26. The number of aliphatic carboxylic acids is 1. The maximum atomic E-state index is 11.0. The van der Waals surface area contributed by atoms with Gasteiger partial charge in [-0.2, -0.15) is 0 Å². The zero-order chi connectivity index (χ0) is 20.1. The van der Waals surface area contributed by atoms with Crippen LogP contribution >= 0.6 is 11.3 Å². The van der Waals surface area contributed by atoms with E-state index in [9.17, 15) is 4.79 Å². The van der Waals surface area contributed by atoms with Crippen molar-refractivity contribution in [1.29, 1.82) is 0 Å². The molecule has 1 heterocycles. The molecule has 144 valence electrons. The summed E-state index contributed by atoms with van der Waals surface area (Å²) in [5.41, 5.74) is 2.44. The van der Waals surface area contributed by atoms with Gasteiger partial charge in [0.2, 0.25) is 5.13 Å². The summed E-state index contributed by atoms with van der Waals surface area (Å²) in [6.07, 6.45) is -0.144. The minimum Gasteiger partial charge on any atom is -0.481 e. The Bertz CT molecular complexity index is 986. The molecule has 6 heteroatoms. The van der Waals surface area contributed by atoms with Crippen LogP contribution in [-0.4, -0.2) is 21.3 Å². The van der Waals surface area contributed by atoms with Gasteiger partial charge in [-0.25, -0.2) is 0 Å². The van der Waals surface area contributed by atoms with Crippen molar-refractivity contribution in [3.05, 3.63) is 113 Å². The summed E-state index contributed by atoms with van der Waals surface area (Å²) in [6, 6.07) is 30.5. The average Bonchev–Trinajstić information content (AvgIpc) is 3.20. The van der Waals surface area contributed by atoms with E-state index in [1.165, 1.54) is 11.3 Å². The van der Waals surface area contributed by atoms with Gasteiger partial charge in [-0.15, -0.1) is 10.2 Å². The molecule has 3 aromatic carbocycles. The number of carboxylic acid groups (broad SMARTS) is 1. The first-order valence-corrected chi connectivity index (χ1v) is 9.99. The second-order valence-corrected chi connectivity index (χ2v) is 7.61. The topological polar surface area (TPSA) is 75.1 Å². The molecule has 0 aliphatic heterocycles. The molecule has 0 spiro atoms. The SMILES string of the molecule is O=C(O)Cc1nnc(NC(c2ccccc2)(c2ccccc2)c2ccccc2)s1. The van der Waals surface area contributed by atoms with Crippen molar-refractivity contribution < 1.29 is 9.90 Å². The molecule has 1 aromatic heterocycles. The predicted molar refractivity (Wildman–Crippen MR) is 114 cm³/mol. The number of benzene rings is 3. The second kappa shape index (κ2) is 8.24. The van der Waals surface area contributed by atoms with Crippen molar-refractivity contribution in [3.63, 3.8) is 0 Å². The van der Waals surface area contributed by atoms with Gasteiger partial charge >= 0.3 is 5.97 Å². The lowest BCUT2D eigenvalue weighted by Crippen LogP contribution is -2.38. The number of hydrogen-bond acceptors (Lipinski definition) is 5. The summed E-state index contributed by atoms with van der Waals surface area (Å²) in [4.78, 5) is 11.0. The average molecular weight is 401 g/mol. The first-order valence-electron chi connectivity index (χ1n) is 9.17. The minimum atomic E-state index is -0.923. The van der Waals surface area contributed by atoms with E-state index in [4.69, 9.17) is 5.11 Å². The van der Waals surface area contributed by atoms with E-state index < -0.39 is 11.5 Å². The largest absolute Gasteiger partial charge is 0.481 e. The number of hydrogen-bond donors (Lipinski definition) is 2. The molecule has 0 fully saturated rings. The maximum absolute atomic E-state index is 11.0. The lowest BCUT2D eigenvalue weighted by molar-refractivity contribution is -0.136. The summed E-state index contributed by atoms with van der Waals surface area (Å²) in [5, 5.41) is 21.9. The number of anilines is 1. The van der Waals surface area contributed by atoms with E-state index in [2.05, 4.69) is 51.9 Å². The van der Waals surface area contributed by atoms with Gasteiger partial charge in [0.15, 0.2) is 0 Å². The van der Waals surface area contributed by atoms with E-state index in [-0.39, 0.29) is 6.42 Å². The van der Waals surface area contributed by atoms with E-state index in [1.54, 1.807) is 0 Å². The Morgan fingerprint density at radius 1 is 0.793 bits per heavy atom. The third-order valence-electron chi connectivity index (χ3n) is 4.68. The summed E-state index contributed by atoms with van der Waals surface area (Å²) in [5.74, 6) is -0.923. The molecule has 0 bridgehead atoms. The number of nitrogens with zero attached hydrogens (tertiary/aromatic N) is 2. The Kier molecular flexibility index (Phi) is 5.35. The Balaban J connectivity index is 1.90. The molecule has 29 heavy (non-hydrogen) atoms. The molecule has 0 radical (unpaired) electrons. The van der Waals surface area contributed by atoms with Gasteiger partial charge in [-0.3, -0.25) is 4.79 Å². The number of carbonyl (C=O) groups is 1. The Morgan fingerprint density at radius 2 is 1.24 bits per heavy atom. The van der Waals surface area contributed by atoms with Crippen LogP contribution in [0.1, 0.15) is 21.7 Å². The van der Waals surface area contributed by atoms with Gasteiger partial charge in [-0.05, 0) is 16.7 Å². The molecule has 5 nitrogen and oxygen atoms in total. The maximum Gasteiger partial charge on any atom is 0.310 e. The zero-order valence-corrected chi connectivity index (χ0v) is 16.3. The highest BCUT2D eigenvalue weighted by molar-refractivity contribution is 7.15. The Labute approximate surface area is 172 Å². The van der Waals surface area contributed by atoms with E-state index in [0.29, 0.717) is 10.1 Å². The van der Waals surface area contributed by atoms with E-state index >= 15 is 0 Å². The van der Waals surface area contributed by atoms with Gasteiger partial charge in [-0.1, -0.05) is 102 Å². The van der Waals surface area contributed by atoms with Crippen LogP contribution < -0.4 is 5.32 Å². The third-order valence-corrected chi connectivity index (χ3v) is 5.52. The van der Waals surface area contributed by atoms with Crippen molar-refractivity contribution in [2.75, 3.05) is 5.32 Å². The molecule has 4 rings (SSSR count). The molecule has 0 amide bonds. The van der Waals surface area contributed by atoms with Gasteiger partial charge in [0.1, 0.15) is 10.5 Å². The number of carboxylic acids is 1. The Morgan fingerprint density at radius 3 is 1.66 bits per heavy atom. The van der Waals surface area contributed by atoms with Crippen molar-refractivity contribution in [2.45, 2.75) is 12.0 Å². The fourth-order valence-corrected chi connectivity index (χ4v) is 4.23. The monoisotopic (exact) mass is 401 g/mol. The predicted octanol–water partition coefficient (Wildman–Crippen LogP) is 4.57. The first-order chi connectivity index (χ1) is 14.2. The third kappa shape index (κ3) is 3.88. The van der Waals surface area contributed by atoms with Gasteiger partial charge in [0, 0.05) is 0 Å². The van der Waals surface area contributed by atoms with Crippen LogP contribution in [0.5, 0.6) is 0 Å². The van der Waals surface area contributed by atoms with Crippen LogP contribution in [0, 0.1) is 0 Å². The highest BCUT2D eigenvalue weighted by Gasteiger charge is 2.37. The highest BCUT2D eigenvalue weighted by Crippen LogP contribution is 2.40. The van der Waals surface area contributed by atoms with Crippen molar-refractivity contribution in [1.82, 2.24) is 10.2 Å². The number of rotatable bonds is 7. The van der Waals surface area contributed by atoms with Crippen LogP contribution in [0.3, 0.4) is 0 Å². The molecule has 2 N–H and O–H groups in total. The quantitative estimate of drug-likeness (QED) is 0.444. The van der Waals surface area contributed by atoms with E-state index in [0.717, 1.165) is 16.7 Å². The highest BCUT2D eigenvalue weighted by atomic mass is 32.1. The van der Waals surface area contributed by atoms with Gasteiger partial charge < -0.3 is 10.4 Å². The van der Waals surface area contributed by atoms with Crippen molar-refractivity contribution in [3.8, 4) is 0 Å². The summed E-state index contributed by atoms with van der Waals surface area (Å²) < 4.78 is 0. The zero-order valence-electron chi connectivity index (χ0n) is 15.5. The van der Waals surface area contributed by atoms with Crippen LogP contribution in [0.4, 0.5) is 5.13 Å². The van der Waals surface area contributed by atoms with Crippen LogP contribution in [0.15, 0.2) is 91.0 Å². The summed E-state index contributed by atoms with van der Waals surface area (Å²) in [6.45, 7) is 0. The van der Waals surface area contributed by atoms with E-state index in [1.807, 2.05) is 54.6 Å². The van der Waals surface area contributed by atoms with Crippen molar-refractivity contribution in [2.24, 2.45) is 0 Å². The fraction of sp³-hybridized carbons (Fsp3) is 0.0870. The van der Waals surface area contributed by atoms with Crippen LogP contribution in [-0.2, 0) is 16.8 Å². The first kappa shape index (κ1) is 18.8. The summed E-state index contributed by atoms with van der Waals surface area (Å²) in [7, 11) is 0. The van der Waals surface area contributed by atoms with Gasteiger partial charge in [0.05, 0.1) is 6.42 Å². The molecule has 0 aliphatic carbocycles. The Hall–Kier alpha value is -3.51. The minimum absolute atomic E-state index is 0.144. The van der Waals surface area contributed by atoms with Gasteiger partial charge in [0.25, 0.3) is 0 Å². The molecule has 0 saturated heterocycles. The standard InChI is InChI=1S/C23H19N3O2S/c27-21(28)16-20-25-26-22(29-20)24-23(17-10-4-1-5-11-17,18-12-6-2-7-13-18)19-14-8-3-9-15-19/h1-15H,16H2,(H,24,26)(H,27,28). The lowest BCUT2D eigenvalue weighted by atomic mass is 9.77. The smallest absolute Gasteiger partial charge is 0.310 e. The lowest BCUT2D eigenvalue weighted by Gasteiger charge is -2.36. The molecule has 4 aromatic rings. The van der Waals surface area contributed by atoms with Crippen LogP contribution in [0.2, 0.25) is 0 Å². The van der Waals surface area contributed by atoms with Crippen LogP contribution in [0.25, 0.3) is 0 Å². The van der Waals surface area contributed by atoms with Crippen molar-refractivity contribution >= 4 is 22.4 Å². The molecule has 0 aliphatic rings. The normalized spacial score (nSPS) is 11.2. The fourth-order valence-electron chi connectivity index (χ4n) is 3.45. The second-order valence-electron chi connectivity index (χ2n) is 6.54. The molecular formula is C23H19N3O2S. The molecule has 0 atom stereocenters. The number of nitrogens with one attached hydrogen (secondary N) is 1. The molecule has 0 saturated carbocycles. The number of aromatic nitrogens is 2. The molecule has 0 unspecified atom stereocenters.